The Morgan fingerprint density at radius 3 is 2.69 bits per heavy atom. The number of esters is 1. The zero-order valence-corrected chi connectivity index (χ0v) is 8.82. The van der Waals surface area contributed by atoms with Crippen LogP contribution in [0.4, 0.5) is 0 Å². The lowest BCUT2D eigenvalue weighted by Gasteiger charge is -2.36. The van der Waals surface area contributed by atoms with Gasteiger partial charge in [0.15, 0.2) is 0 Å². The summed E-state index contributed by atoms with van der Waals surface area (Å²) < 4.78 is 5.05. The highest BCUT2D eigenvalue weighted by Gasteiger charge is 2.33. The molecule has 3 nitrogen and oxygen atoms in total. The van der Waals surface area contributed by atoms with Gasteiger partial charge in [0, 0.05) is 28.7 Å². The maximum absolute atomic E-state index is 11.1. The highest BCUT2D eigenvalue weighted by Crippen LogP contribution is 2.37. The number of nitrogens with two attached hydrogens (primary N) is 1. The maximum atomic E-state index is 11.1. The van der Waals surface area contributed by atoms with E-state index in [4.69, 9.17) is 10.5 Å². The molecule has 1 saturated heterocycles. The first-order valence-corrected chi connectivity index (χ1v) is 5.36. The summed E-state index contributed by atoms with van der Waals surface area (Å²) in [5, 5.41) is 0. The minimum Gasteiger partial charge on any atom is -0.462 e. The molecule has 1 rings (SSSR count). The fraction of sp³-hybridized carbons (Fsp3) is 0.667. The van der Waals surface area contributed by atoms with Crippen molar-refractivity contribution in [3.8, 4) is 0 Å². The van der Waals surface area contributed by atoms with Gasteiger partial charge in [0.2, 0.25) is 0 Å². The van der Waals surface area contributed by atoms with Crippen LogP contribution in [-0.2, 0) is 9.53 Å². The van der Waals surface area contributed by atoms with E-state index in [1.165, 1.54) is 6.08 Å². The molecule has 0 aliphatic carbocycles. The molecule has 0 bridgehead atoms. The predicted octanol–water partition coefficient (Wildman–Crippen LogP) is 1.15. The van der Waals surface area contributed by atoms with Crippen molar-refractivity contribution >= 4 is 17.7 Å². The summed E-state index contributed by atoms with van der Waals surface area (Å²) in [5.74, 6) is 1.81. The predicted molar refractivity (Wildman–Crippen MR) is 54.3 cm³/mol. The van der Waals surface area contributed by atoms with Crippen molar-refractivity contribution in [3.05, 3.63) is 11.8 Å². The van der Waals surface area contributed by atoms with Gasteiger partial charge in [-0.25, -0.2) is 4.79 Å². The summed E-state index contributed by atoms with van der Waals surface area (Å²) in [6.07, 6.45) is 1.31. The lowest BCUT2D eigenvalue weighted by Crippen LogP contribution is -2.37. The average molecular weight is 201 g/mol. The van der Waals surface area contributed by atoms with Crippen LogP contribution in [-0.4, -0.2) is 24.1 Å². The molecule has 1 heterocycles. The molecule has 0 saturated carbocycles. The highest BCUT2D eigenvalue weighted by molar-refractivity contribution is 8.00. The summed E-state index contributed by atoms with van der Waals surface area (Å²) in [5.41, 5.74) is 6.01. The SMILES string of the molecule is CC(N)=CC(=O)OCC1(C)CSC1. The number of carbonyl (C=O) groups excluding carboxylic acids is 1. The fourth-order valence-corrected chi connectivity index (χ4v) is 2.07. The number of thioether (sulfide) groups is 1. The van der Waals surface area contributed by atoms with Gasteiger partial charge in [0.25, 0.3) is 0 Å². The summed E-state index contributed by atoms with van der Waals surface area (Å²) in [4.78, 5) is 11.1. The van der Waals surface area contributed by atoms with Gasteiger partial charge in [-0.05, 0) is 6.92 Å². The molecule has 1 aliphatic heterocycles. The van der Waals surface area contributed by atoms with Crippen molar-refractivity contribution in [2.75, 3.05) is 18.1 Å². The highest BCUT2D eigenvalue weighted by atomic mass is 32.2. The molecule has 0 unspecified atom stereocenters. The minimum absolute atomic E-state index is 0.191. The lowest BCUT2D eigenvalue weighted by atomic mass is 9.96. The van der Waals surface area contributed by atoms with Crippen molar-refractivity contribution in [2.45, 2.75) is 13.8 Å². The van der Waals surface area contributed by atoms with E-state index in [9.17, 15) is 4.79 Å². The van der Waals surface area contributed by atoms with E-state index in [-0.39, 0.29) is 11.4 Å². The monoisotopic (exact) mass is 201 g/mol. The van der Waals surface area contributed by atoms with Crippen molar-refractivity contribution in [3.63, 3.8) is 0 Å². The van der Waals surface area contributed by atoms with E-state index in [1.54, 1.807) is 6.92 Å². The third kappa shape index (κ3) is 3.30. The van der Waals surface area contributed by atoms with E-state index < -0.39 is 0 Å². The summed E-state index contributed by atoms with van der Waals surface area (Å²) in [6.45, 7) is 4.29. The second-order valence-corrected chi connectivity index (χ2v) is 4.79. The first-order chi connectivity index (χ1) is 6.02. The zero-order valence-electron chi connectivity index (χ0n) is 8.00. The Morgan fingerprint density at radius 2 is 2.31 bits per heavy atom. The topological polar surface area (TPSA) is 52.3 Å². The van der Waals surface area contributed by atoms with Gasteiger partial charge in [0.05, 0.1) is 6.61 Å². The summed E-state index contributed by atoms with van der Waals surface area (Å²) >= 11 is 1.88. The molecule has 1 aliphatic rings. The van der Waals surface area contributed by atoms with Gasteiger partial charge in [-0.3, -0.25) is 0 Å². The number of allylic oxidation sites excluding steroid dienone is 1. The number of hydrogen-bond donors (Lipinski definition) is 1. The molecule has 0 radical (unpaired) electrons. The maximum Gasteiger partial charge on any atom is 0.332 e. The van der Waals surface area contributed by atoms with E-state index in [2.05, 4.69) is 6.92 Å². The molecule has 13 heavy (non-hydrogen) atoms. The molecule has 0 aromatic heterocycles. The Balaban J connectivity index is 2.26. The van der Waals surface area contributed by atoms with Crippen LogP contribution < -0.4 is 5.73 Å². The Labute approximate surface area is 82.7 Å². The molecule has 0 aromatic rings. The van der Waals surface area contributed by atoms with E-state index in [0.717, 1.165) is 11.5 Å². The number of hydrogen-bond acceptors (Lipinski definition) is 4. The fourth-order valence-electron chi connectivity index (χ4n) is 1.01. The Kier molecular flexibility index (Phi) is 3.25. The van der Waals surface area contributed by atoms with Crippen LogP contribution in [0.3, 0.4) is 0 Å². The van der Waals surface area contributed by atoms with Crippen molar-refractivity contribution < 1.29 is 9.53 Å². The smallest absolute Gasteiger partial charge is 0.332 e. The molecular formula is C9H15NO2S. The lowest BCUT2D eigenvalue weighted by molar-refractivity contribution is -0.140. The van der Waals surface area contributed by atoms with Crippen molar-refractivity contribution in [1.82, 2.24) is 0 Å². The van der Waals surface area contributed by atoms with Crippen molar-refractivity contribution in [1.29, 1.82) is 0 Å². The average Bonchev–Trinajstić information content (AvgIpc) is 1.96. The third-order valence-electron chi connectivity index (χ3n) is 1.81. The van der Waals surface area contributed by atoms with Gasteiger partial charge in [0.1, 0.15) is 0 Å². The molecule has 0 aromatic carbocycles. The van der Waals surface area contributed by atoms with E-state index in [0.29, 0.717) is 12.3 Å². The van der Waals surface area contributed by atoms with E-state index in [1.807, 2.05) is 11.8 Å². The van der Waals surface area contributed by atoms with Crippen LogP contribution in [0.5, 0.6) is 0 Å². The second-order valence-electron chi connectivity index (χ2n) is 3.80. The van der Waals surface area contributed by atoms with Crippen LogP contribution in [0.2, 0.25) is 0 Å². The molecule has 0 atom stereocenters. The first kappa shape index (κ1) is 10.4. The van der Waals surface area contributed by atoms with Crippen LogP contribution in [0.25, 0.3) is 0 Å². The van der Waals surface area contributed by atoms with Gasteiger partial charge in [-0.1, -0.05) is 6.92 Å². The van der Waals surface area contributed by atoms with Gasteiger partial charge < -0.3 is 10.5 Å². The minimum atomic E-state index is -0.335. The van der Waals surface area contributed by atoms with Gasteiger partial charge in [-0.2, -0.15) is 11.8 Å². The van der Waals surface area contributed by atoms with Gasteiger partial charge >= 0.3 is 5.97 Å². The van der Waals surface area contributed by atoms with Crippen LogP contribution in [0.1, 0.15) is 13.8 Å². The Morgan fingerprint density at radius 1 is 1.69 bits per heavy atom. The second kappa shape index (κ2) is 4.05. The largest absolute Gasteiger partial charge is 0.462 e. The Hall–Kier alpha value is -0.640. The molecule has 2 N–H and O–H groups in total. The van der Waals surface area contributed by atoms with Gasteiger partial charge in [-0.15, -0.1) is 0 Å². The molecule has 4 heteroatoms. The molecule has 74 valence electrons. The normalized spacial score (nSPS) is 20.6. The van der Waals surface area contributed by atoms with Crippen molar-refractivity contribution in [2.24, 2.45) is 11.1 Å². The number of carbonyl (C=O) groups is 1. The molecule has 0 spiro atoms. The summed E-state index contributed by atoms with van der Waals surface area (Å²) in [7, 11) is 0. The zero-order chi connectivity index (χ0) is 9.90. The molecule has 0 amide bonds. The molecular weight excluding hydrogens is 186 g/mol. The first-order valence-electron chi connectivity index (χ1n) is 4.20. The van der Waals surface area contributed by atoms with Crippen LogP contribution in [0, 0.1) is 5.41 Å². The number of rotatable bonds is 3. The quantitative estimate of drug-likeness (QED) is 0.549. The Bertz CT molecular complexity index is 230. The molecule has 1 fully saturated rings. The van der Waals surface area contributed by atoms with Crippen LogP contribution in [0.15, 0.2) is 11.8 Å². The van der Waals surface area contributed by atoms with E-state index >= 15 is 0 Å². The third-order valence-corrected chi connectivity index (χ3v) is 3.61. The standard InChI is InChI=1S/C9H15NO2S/c1-7(10)3-8(11)12-4-9(2)5-13-6-9/h3H,4-6,10H2,1-2H3. The summed E-state index contributed by atoms with van der Waals surface area (Å²) in [6, 6.07) is 0. The number of ether oxygens (including phenoxy) is 1. The van der Waals surface area contributed by atoms with Crippen LogP contribution >= 0.6 is 11.8 Å².